The molecule has 0 bridgehead atoms. The Hall–Kier alpha value is -0.830. The number of alkyl halides is 1. The van der Waals surface area contributed by atoms with Gasteiger partial charge in [-0.15, -0.1) is 11.6 Å². The molecule has 0 aromatic rings. The average Bonchev–Trinajstić information content (AvgIpc) is 2.25. The van der Waals surface area contributed by atoms with Crippen molar-refractivity contribution in [2.45, 2.75) is 53.5 Å². The number of nitrogens with zero attached hydrogens (tertiary/aromatic N) is 1. The van der Waals surface area contributed by atoms with Gasteiger partial charge in [-0.25, -0.2) is 0 Å². The second-order valence-corrected chi connectivity index (χ2v) is 6.74. The Labute approximate surface area is 121 Å². The van der Waals surface area contributed by atoms with Gasteiger partial charge in [0.05, 0.1) is 0 Å². The predicted octanol–water partition coefficient (Wildman–Crippen LogP) is 3.37. The van der Waals surface area contributed by atoms with Gasteiger partial charge in [-0.2, -0.15) is 0 Å². The molecule has 1 rings (SSSR count). The molecule has 1 aliphatic carbocycles. The van der Waals surface area contributed by atoms with Crippen LogP contribution in [0.15, 0.2) is 11.6 Å². The summed E-state index contributed by atoms with van der Waals surface area (Å²) in [7, 11) is 0. The number of rotatable bonds is 3. The quantitative estimate of drug-likeness (QED) is 0.746. The van der Waals surface area contributed by atoms with Gasteiger partial charge in [-0.3, -0.25) is 14.5 Å². The van der Waals surface area contributed by atoms with Crippen LogP contribution in [0.25, 0.3) is 0 Å². The number of halogens is 1. The van der Waals surface area contributed by atoms with Crippen molar-refractivity contribution in [3.05, 3.63) is 11.6 Å². The van der Waals surface area contributed by atoms with Gasteiger partial charge in [0, 0.05) is 11.6 Å². The maximum atomic E-state index is 12.6. The van der Waals surface area contributed by atoms with Gasteiger partial charge >= 0.3 is 0 Å². The summed E-state index contributed by atoms with van der Waals surface area (Å²) in [6.45, 7) is 10.1. The Morgan fingerprint density at radius 3 is 2.47 bits per heavy atom. The minimum atomic E-state index is -0.321. The summed E-state index contributed by atoms with van der Waals surface area (Å²) < 4.78 is 0. The molecule has 0 saturated carbocycles. The molecule has 0 saturated heterocycles. The number of hydrogen-bond acceptors (Lipinski definition) is 2. The van der Waals surface area contributed by atoms with E-state index in [9.17, 15) is 9.59 Å². The molecule has 2 amide bonds. The first kappa shape index (κ1) is 16.2. The standard InChI is InChI=1S/C15H24ClNO2/c1-10(2)17(13(18)9-16)14(19)12-6-11(3)7-15(4,5)8-12/h8,10-11H,6-7,9H2,1-5H3. The van der Waals surface area contributed by atoms with Crippen LogP contribution in [-0.2, 0) is 9.59 Å². The summed E-state index contributed by atoms with van der Waals surface area (Å²) in [6, 6.07) is -0.167. The lowest BCUT2D eigenvalue weighted by atomic mass is 9.74. The van der Waals surface area contributed by atoms with E-state index >= 15 is 0 Å². The molecule has 0 aromatic carbocycles. The first-order chi connectivity index (χ1) is 8.68. The van der Waals surface area contributed by atoms with E-state index in [2.05, 4.69) is 20.8 Å². The molecule has 108 valence electrons. The van der Waals surface area contributed by atoms with Crippen LogP contribution in [0.4, 0.5) is 0 Å². The van der Waals surface area contributed by atoms with Crippen molar-refractivity contribution in [2.75, 3.05) is 5.88 Å². The summed E-state index contributed by atoms with van der Waals surface area (Å²) in [5, 5.41) is 0. The maximum Gasteiger partial charge on any atom is 0.256 e. The molecular weight excluding hydrogens is 262 g/mol. The van der Waals surface area contributed by atoms with Crippen LogP contribution in [0, 0.1) is 11.3 Å². The zero-order valence-corrected chi connectivity index (χ0v) is 13.3. The van der Waals surface area contributed by atoms with Crippen molar-refractivity contribution in [3.8, 4) is 0 Å². The minimum absolute atomic E-state index is 0.00925. The molecule has 19 heavy (non-hydrogen) atoms. The zero-order chi connectivity index (χ0) is 14.8. The number of allylic oxidation sites excluding steroid dienone is 1. The molecule has 1 aliphatic rings. The second kappa shape index (κ2) is 6.08. The molecule has 3 nitrogen and oxygen atoms in total. The summed E-state index contributed by atoms with van der Waals surface area (Å²) in [5.74, 6) is -0.200. The fourth-order valence-corrected chi connectivity index (χ4v) is 3.07. The fraction of sp³-hybridized carbons (Fsp3) is 0.733. The van der Waals surface area contributed by atoms with Crippen LogP contribution in [-0.4, -0.2) is 28.6 Å². The van der Waals surface area contributed by atoms with Crippen LogP contribution in [0.5, 0.6) is 0 Å². The topological polar surface area (TPSA) is 37.4 Å². The molecule has 0 N–H and O–H groups in total. The van der Waals surface area contributed by atoms with E-state index in [0.29, 0.717) is 5.92 Å². The predicted molar refractivity (Wildman–Crippen MR) is 78.0 cm³/mol. The van der Waals surface area contributed by atoms with Crippen molar-refractivity contribution in [1.82, 2.24) is 4.90 Å². The molecule has 1 unspecified atom stereocenters. The molecular formula is C15H24ClNO2. The lowest BCUT2D eigenvalue weighted by Crippen LogP contribution is -2.44. The van der Waals surface area contributed by atoms with E-state index in [0.717, 1.165) is 18.4 Å². The van der Waals surface area contributed by atoms with Crippen molar-refractivity contribution in [2.24, 2.45) is 11.3 Å². The van der Waals surface area contributed by atoms with E-state index in [1.807, 2.05) is 19.9 Å². The van der Waals surface area contributed by atoms with Gasteiger partial charge < -0.3 is 0 Å². The first-order valence-electron chi connectivity index (χ1n) is 6.82. The van der Waals surface area contributed by atoms with Gasteiger partial charge in [-0.05, 0) is 38.0 Å². The first-order valence-corrected chi connectivity index (χ1v) is 7.35. The van der Waals surface area contributed by atoms with E-state index in [4.69, 9.17) is 11.6 Å². The number of carbonyl (C=O) groups excluding carboxylic acids is 2. The largest absolute Gasteiger partial charge is 0.275 e. The summed E-state index contributed by atoms with van der Waals surface area (Å²) >= 11 is 5.60. The maximum absolute atomic E-state index is 12.6. The highest BCUT2D eigenvalue weighted by molar-refractivity contribution is 6.28. The number of carbonyl (C=O) groups is 2. The van der Waals surface area contributed by atoms with Gasteiger partial charge in [0.2, 0.25) is 5.91 Å². The highest BCUT2D eigenvalue weighted by Crippen LogP contribution is 2.37. The molecule has 4 heteroatoms. The fourth-order valence-electron chi connectivity index (χ4n) is 2.94. The van der Waals surface area contributed by atoms with Crippen LogP contribution in [0.1, 0.15) is 47.5 Å². The smallest absolute Gasteiger partial charge is 0.256 e. The summed E-state index contributed by atoms with van der Waals surface area (Å²) in [6.07, 6.45) is 3.82. The normalized spacial score (nSPS) is 22.1. The molecule has 0 aromatic heterocycles. The SMILES string of the molecule is CC1CC(C(=O)N(C(=O)CCl)C(C)C)=CC(C)(C)C1. The number of imide groups is 1. The highest BCUT2D eigenvalue weighted by Gasteiger charge is 2.32. The van der Waals surface area contributed by atoms with Crippen LogP contribution in [0.3, 0.4) is 0 Å². The van der Waals surface area contributed by atoms with E-state index in [1.165, 1.54) is 4.90 Å². The average molecular weight is 286 g/mol. The third-order valence-corrected chi connectivity index (χ3v) is 3.63. The summed E-state index contributed by atoms with van der Waals surface area (Å²) in [4.78, 5) is 25.7. The minimum Gasteiger partial charge on any atom is -0.275 e. The van der Waals surface area contributed by atoms with Crippen LogP contribution < -0.4 is 0 Å². The molecule has 1 atom stereocenters. The molecule has 0 heterocycles. The van der Waals surface area contributed by atoms with Gasteiger partial charge in [-0.1, -0.05) is 26.8 Å². The zero-order valence-electron chi connectivity index (χ0n) is 12.5. The molecule has 0 spiro atoms. The van der Waals surface area contributed by atoms with Gasteiger partial charge in [0.15, 0.2) is 0 Å². The van der Waals surface area contributed by atoms with Crippen molar-refractivity contribution in [3.63, 3.8) is 0 Å². The van der Waals surface area contributed by atoms with Gasteiger partial charge in [0.1, 0.15) is 5.88 Å². The van der Waals surface area contributed by atoms with Crippen LogP contribution >= 0.6 is 11.6 Å². The van der Waals surface area contributed by atoms with E-state index < -0.39 is 0 Å². The Morgan fingerprint density at radius 2 is 2.05 bits per heavy atom. The third kappa shape index (κ3) is 4.07. The Balaban J connectivity index is 3.03. The Morgan fingerprint density at radius 1 is 1.47 bits per heavy atom. The second-order valence-electron chi connectivity index (χ2n) is 6.47. The van der Waals surface area contributed by atoms with Crippen molar-refractivity contribution < 1.29 is 9.59 Å². The highest BCUT2D eigenvalue weighted by atomic mass is 35.5. The number of hydrogen-bond donors (Lipinski definition) is 0. The molecule has 0 radical (unpaired) electrons. The van der Waals surface area contributed by atoms with E-state index in [1.54, 1.807) is 0 Å². The van der Waals surface area contributed by atoms with Crippen LogP contribution in [0.2, 0.25) is 0 Å². The lowest BCUT2D eigenvalue weighted by molar-refractivity contribution is -0.143. The van der Waals surface area contributed by atoms with E-state index in [-0.39, 0.29) is 29.2 Å². The summed E-state index contributed by atoms with van der Waals surface area (Å²) in [5.41, 5.74) is 0.755. The molecule has 0 aliphatic heterocycles. The van der Waals surface area contributed by atoms with Crippen molar-refractivity contribution in [1.29, 1.82) is 0 Å². The van der Waals surface area contributed by atoms with Gasteiger partial charge in [0.25, 0.3) is 5.91 Å². The number of amides is 2. The lowest BCUT2D eigenvalue weighted by Gasteiger charge is -2.34. The Kier molecular flexibility index (Phi) is 5.19. The Bertz CT molecular complexity index is 399. The molecule has 0 fully saturated rings. The monoisotopic (exact) mass is 285 g/mol. The third-order valence-electron chi connectivity index (χ3n) is 3.40. The van der Waals surface area contributed by atoms with Crippen molar-refractivity contribution >= 4 is 23.4 Å².